The van der Waals surface area contributed by atoms with Crippen molar-refractivity contribution < 1.29 is 4.79 Å². The van der Waals surface area contributed by atoms with E-state index in [1.165, 1.54) is 0 Å². The minimum absolute atomic E-state index is 0.148. The number of rotatable bonds is 1. The minimum Gasteiger partial charge on any atom is -0.340 e. The summed E-state index contributed by atoms with van der Waals surface area (Å²) >= 11 is 1.64. The summed E-state index contributed by atoms with van der Waals surface area (Å²) in [6.07, 6.45) is 0. The van der Waals surface area contributed by atoms with E-state index in [2.05, 4.69) is 17.2 Å². The summed E-state index contributed by atoms with van der Waals surface area (Å²) in [5.74, 6) is 0. The third-order valence-electron chi connectivity index (χ3n) is 2.75. The van der Waals surface area contributed by atoms with Crippen LogP contribution in [0.4, 0.5) is 10.5 Å². The minimum atomic E-state index is -0.148. The molecule has 0 unspecified atom stereocenters. The summed E-state index contributed by atoms with van der Waals surface area (Å²) < 4.78 is 0. The molecule has 5 heteroatoms. The van der Waals surface area contributed by atoms with E-state index in [1.807, 2.05) is 31.2 Å². The highest BCUT2D eigenvalue weighted by molar-refractivity contribution is 8.15. The van der Waals surface area contributed by atoms with Crippen LogP contribution in [0.2, 0.25) is 0 Å². The van der Waals surface area contributed by atoms with Crippen molar-refractivity contribution in [3.05, 3.63) is 29.8 Å². The molecular weight excluding hydrogens is 246 g/mol. The number of anilines is 1. The second kappa shape index (κ2) is 5.44. The summed E-state index contributed by atoms with van der Waals surface area (Å²) in [5.41, 5.74) is 1.95. The van der Waals surface area contributed by atoms with Gasteiger partial charge < -0.3 is 5.32 Å². The average Bonchev–Trinajstić information content (AvgIpc) is 2.78. The van der Waals surface area contributed by atoms with Crippen LogP contribution in [0.5, 0.6) is 0 Å². The number of carbonyl (C=O) groups excluding carboxylic acids is 1. The van der Waals surface area contributed by atoms with Gasteiger partial charge in [-0.1, -0.05) is 36.9 Å². The molecule has 1 aliphatic rings. The predicted octanol–water partition coefficient (Wildman–Crippen LogP) is 2.63. The molecule has 0 fully saturated rings. The van der Waals surface area contributed by atoms with E-state index >= 15 is 0 Å². The smallest absolute Gasteiger partial charge is 0.327 e. The molecule has 1 heterocycles. The predicted molar refractivity (Wildman–Crippen MR) is 77.5 cm³/mol. The van der Waals surface area contributed by atoms with Gasteiger partial charge in [0, 0.05) is 12.3 Å². The molecule has 0 aromatic heterocycles. The molecule has 0 saturated heterocycles. The molecule has 1 aromatic rings. The third kappa shape index (κ3) is 2.51. The number of amidine groups is 1. The fourth-order valence-electron chi connectivity index (χ4n) is 1.81. The van der Waals surface area contributed by atoms with Gasteiger partial charge in [0.25, 0.3) is 0 Å². The first kappa shape index (κ1) is 13.0. The topological polar surface area (TPSA) is 44.7 Å². The molecule has 0 bridgehead atoms. The Labute approximate surface area is 111 Å². The van der Waals surface area contributed by atoms with Crippen LogP contribution in [0.3, 0.4) is 0 Å². The summed E-state index contributed by atoms with van der Waals surface area (Å²) in [6, 6.07) is 7.69. The Hall–Kier alpha value is -1.49. The number of hydrogen-bond donors (Lipinski definition) is 1. The van der Waals surface area contributed by atoms with Crippen molar-refractivity contribution in [1.29, 1.82) is 0 Å². The molecule has 0 saturated carbocycles. The highest BCUT2D eigenvalue weighted by Crippen LogP contribution is 2.28. The van der Waals surface area contributed by atoms with Crippen molar-refractivity contribution in [3.8, 4) is 0 Å². The van der Waals surface area contributed by atoms with Gasteiger partial charge in [0.2, 0.25) is 0 Å². The zero-order valence-corrected chi connectivity index (χ0v) is 11.6. The van der Waals surface area contributed by atoms with E-state index in [0.717, 1.165) is 23.0 Å². The van der Waals surface area contributed by atoms with Crippen LogP contribution in [-0.2, 0) is 0 Å². The van der Waals surface area contributed by atoms with Crippen LogP contribution >= 0.6 is 11.8 Å². The molecule has 0 spiro atoms. The number of urea groups is 1. The van der Waals surface area contributed by atoms with Gasteiger partial charge in [-0.15, -0.1) is 0 Å². The van der Waals surface area contributed by atoms with Crippen molar-refractivity contribution in [2.75, 3.05) is 18.5 Å². The van der Waals surface area contributed by atoms with Crippen molar-refractivity contribution >= 4 is 28.6 Å². The highest BCUT2D eigenvalue weighted by atomic mass is 32.2. The number of nitrogens with one attached hydrogen (secondary N) is 1. The quantitative estimate of drug-likeness (QED) is 0.846. The van der Waals surface area contributed by atoms with E-state index in [0.29, 0.717) is 5.25 Å². The molecule has 1 atom stereocenters. The van der Waals surface area contributed by atoms with Crippen molar-refractivity contribution in [2.24, 2.45) is 4.99 Å². The molecule has 1 N–H and O–H groups in total. The molecule has 4 nitrogen and oxygen atoms in total. The Balaban J connectivity index is 2.38. The summed E-state index contributed by atoms with van der Waals surface area (Å²) in [5, 5.41) is 3.88. The molecule has 0 radical (unpaired) electrons. The molecule has 1 aliphatic heterocycles. The Kier molecular flexibility index (Phi) is 3.91. The van der Waals surface area contributed by atoms with Gasteiger partial charge in [-0.3, -0.25) is 4.99 Å². The van der Waals surface area contributed by atoms with Gasteiger partial charge in [-0.05, 0) is 18.6 Å². The van der Waals surface area contributed by atoms with Gasteiger partial charge in [0.05, 0.1) is 12.2 Å². The molecule has 18 heavy (non-hydrogen) atoms. The lowest BCUT2D eigenvalue weighted by Crippen LogP contribution is -2.41. The Morgan fingerprint density at radius 3 is 2.78 bits per heavy atom. The van der Waals surface area contributed by atoms with Crippen LogP contribution in [0.25, 0.3) is 0 Å². The van der Waals surface area contributed by atoms with Crippen LogP contribution in [0.15, 0.2) is 29.3 Å². The largest absolute Gasteiger partial charge is 0.340 e. The van der Waals surface area contributed by atoms with Gasteiger partial charge in [-0.25, -0.2) is 9.69 Å². The number of benzene rings is 1. The first-order valence-electron chi connectivity index (χ1n) is 5.92. The number of aryl methyl sites for hydroxylation is 1. The number of para-hydroxylation sites is 1. The fraction of sp³-hybridized carbons (Fsp3) is 0.385. The maximum Gasteiger partial charge on any atom is 0.327 e. The fourth-order valence-corrected chi connectivity index (χ4v) is 2.75. The van der Waals surface area contributed by atoms with Crippen LogP contribution < -0.4 is 10.2 Å². The lowest BCUT2D eigenvalue weighted by molar-refractivity contribution is 0.251. The summed E-state index contributed by atoms with van der Waals surface area (Å²) in [7, 11) is 1.64. The number of carbonyl (C=O) groups is 1. The first-order valence-corrected chi connectivity index (χ1v) is 6.80. The van der Waals surface area contributed by atoms with Crippen LogP contribution in [-0.4, -0.2) is 30.0 Å². The molecule has 2 rings (SSSR count). The van der Waals surface area contributed by atoms with E-state index in [1.54, 1.807) is 23.7 Å². The van der Waals surface area contributed by atoms with E-state index in [4.69, 9.17) is 0 Å². The van der Waals surface area contributed by atoms with Crippen molar-refractivity contribution in [1.82, 2.24) is 5.32 Å². The third-order valence-corrected chi connectivity index (χ3v) is 3.83. The standard InChI is InChI=1S/C13H17N3OS/c1-9-6-4-5-7-11(9)16(12(17)14-3)13-15-8-10(2)18-13/h4-7,10H,8H2,1-3H3,(H,14,17)/t10-/m0/s1. The average molecular weight is 263 g/mol. The maximum absolute atomic E-state index is 12.1. The van der Waals surface area contributed by atoms with Crippen LogP contribution in [0, 0.1) is 6.92 Å². The number of thioether (sulfide) groups is 1. The second-order valence-electron chi connectivity index (χ2n) is 4.23. The number of aliphatic imine (C=N–C) groups is 1. The zero-order valence-electron chi connectivity index (χ0n) is 10.8. The van der Waals surface area contributed by atoms with E-state index in [-0.39, 0.29) is 6.03 Å². The van der Waals surface area contributed by atoms with Gasteiger partial charge in [0.1, 0.15) is 0 Å². The SMILES string of the molecule is CNC(=O)N(C1=NC[C@H](C)S1)c1ccccc1C. The maximum atomic E-state index is 12.1. The Morgan fingerprint density at radius 1 is 1.50 bits per heavy atom. The highest BCUT2D eigenvalue weighted by Gasteiger charge is 2.27. The first-order chi connectivity index (χ1) is 8.63. The normalized spacial score (nSPS) is 18.4. The van der Waals surface area contributed by atoms with Crippen molar-refractivity contribution in [2.45, 2.75) is 19.1 Å². The van der Waals surface area contributed by atoms with Gasteiger partial charge in [-0.2, -0.15) is 0 Å². The monoisotopic (exact) mass is 263 g/mol. The summed E-state index contributed by atoms with van der Waals surface area (Å²) in [4.78, 5) is 18.2. The molecule has 96 valence electrons. The molecule has 2 amide bonds. The van der Waals surface area contributed by atoms with Crippen LogP contribution in [0.1, 0.15) is 12.5 Å². The van der Waals surface area contributed by atoms with E-state index in [9.17, 15) is 4.79 Å². The number of nitrogens with zero attached hydrogens (tertiary/aromatic N) is 2. The zero-order chi connectivity index (χ0) is 13.1. The number of hydrogen-bond acceptors (Lipinski definition) is 3. The van der Waals surface area contributed by atoms with E-state index < -0.39 is 0 Å². The van der Waals surface area contributed by atoms with Crippen molar-refractivity contribution in [3.63, 3.8) is 0 Å². The Morgan fingerprint density at radius 2 is 2.22 bits per heavy atom. The second-order valence-corrected chi connectivity index (χ2v) is 5.63. The van der Waals surface area contributed by atoms with Gasteiger partial charge in [0.15, 0.2) is 5.17 Å². The molecular formula is C13H17N3OS. The molecule has 0 aliphatic carbocycles. The molecule has 1 aromatic carbocycles. The lowest BCUT2D eigenvalue weighted by Gasteiger charge is -2.23. The number of amides is 2. The summed E-state index contributed by atoms with van der Waals surface area (Å²) in [6.45, 7) is 4.87. The van der Waals surface area contributed by atoms with Gasteiger partial charge >= 0.3 is 6.03 Å². The lowest BCUT2D eigenvalue weighted by atomic mass is 10.2. The Bertz CT molecular complexity index is 487.